The van der Waals surface area contributed by atoms with Gasteiger partial charge in [-0.3, -0.25) is 0 Å². The number of benzene rings is 2. The second-order valence-corrected chi connectivity index (χ2v) is 5.20. The molecule has 6 heteroatoms. The molecule has 0 spiro atoms. The lowest BCUT2D eigenvalue weighted by atomic mass is 10.00. The monoisotopic (exact) mass is 360 g/mol. The van der Waals surface area contributed by atoms with Gasteiger partial charge in [0.2, 0.25) is 0 Å². The fraction of sp³-hybridized carbons (Fsp3) is 0.200. The van der Waals surface area contributed by atoms with E-state index < -0.39 is 23.6 Å². The van der Waals surface area contributed by atoms with Crippen LogP contribution in [0.25, 0.3) is 0 Å². The number of aliphatic hydroxyl groups is 1. The molecule has 21 heavy (non-hydrogen) atoms. The lowest BCUT2D eigenvalue weighted by Crippen LogP contribution is -2.08. The maximum atomic E-state index is 13.8. The highest BCUT2D eigenvalue weighted by atomic mass is 79.9. The number of hydrogen-bond acceptors (Lipinski definition) is 2. The van der Waals surface area contributed by atoms with E-state index in [1.165, 1.54) is 6.07 Å². The van der Waals surface area contributed by atoms with Crippen LogP contribution >= 0.6 is 15.9 Å². The van der Waals surface area contributed by atoms with E-state index in [4.69, 9.17) is 4.74 Å². The van der Waals surface area contributed by atoms with Crippen molar-refractivity contribution in [2.24, 2.45) is 0 Å². The minimum Gasteiger partial charge on any atom is -0.493 e. The van der Waals surface area contributed by atoms with E-state index in [-0.39, 0.29) is 11.1 Å². The van der Waals surface area contributed by atoms with Gasteiger partial charge in [-0.25, -0.2) is 13.2 Å². The number of rotatable bonds is 4. The number of ether oxygens (including phenoxy) is 1. The molecule has 1 atom stereocenters. The molecule has 0 heterocycles. The molecule has 0 saturated carbocycles. The summed E-state index contributed by atoms with van der Waals surface area (Å²) in [5.74, 6) is -3.98. The van der Waals surface area contributed by atoms with Gasteiger partial charge in [-0.2, -0.15) is 0 Å². The zero-order chi connectivity index (χ0) is 15.6. The van der Waals surface area contributed by atoms with Gasteiger partial charge in [0.1, 0.15) is 11.9 Å². The molecule has 1 unspecified atom stereocenters. The smallest absolute Gasteiger partial charge is 0.194 e. The maximum absolute atomic E-state index is 13.8. The van der Waals surface area contributed by atoms with Gasteiger partial charge in [-0.15, -0.1) is 0 Å². The summed E-state index contributed by atoms with van der Waals surface area (Å²) >= 11 is 3.24. The molecule has 0 radical (unpaired) electrons. The van der Waals surface area contributed by atoms with E-state index in [0.29, 0.717) is 16.8 Å². The van der Waals surface area contributed by atoms with Gasteiger partial charge in [-0.1, -0.05) is 22.0 Å². The Morgan fingerprint density at radius 2 is 1.81 bits per heavy atom. The van der Waals surface area contributed by atoms with E-state index in [0.717, 1.165) is 12.1 Å². The van der Waals surface area contributed by atoms with Crippen LogP contribution in [-0.4, -0.2) is 11.7 Å². The van der Waals surface area contributed by atoms with Crippen molar-refractivity contribution in [1.82, 2.24) is 0 Å². The summed E-state index contributed by atoms with van der Waals surface area (Å²) in [6, 6.07) is 6.62. The molecule has 2 aromatic carbocycles. The molecule has 0 bridgehead atoms. The maximum Gasteiger partial charge on any atom is 0.194 e. The highest BCUT2D eigenvalue weighted by Crippen LogP contribution is 2.34. The summed E-state index contributed by atoms with van der Waals surface area (Å²) in [7, 11) is 0. The summed E-state index contributed by atoms with van der Waals surface area (Å²) in [6.45, 7) is 2.11. The summed E-state index contributed by atoms with van der Waals surface area (Å²) in [4.78, 5) is 0. The standard InChI is InChI=1S/C15H12BrF3O2/c1-2-21-12-6-3-8(16)7-10(12)15(20)9-4-5-11(17)14(19)13(9)18/h3-7,15,20H,2H2,1H3. The largest absolute Gasteiger partial charge is 0.493 e. The molecule has 112 valence electrons. The molecule has 0 saturated heterocycles. The molecule has 0 aromatic heterocycles. The van der Waals surface area contributed by atoms with Crippen LogP contribution in [-0.2, 0) is 0 Å². The Morgan fingerprint density at radius 1 is 1.10 bits per heavy atom. The summed E-state index contributed by atoms with van der Waals surface area (Å²) in [6.07, 6.45) is -1.47. The first-order valence-corrected chi connectivity index (χ1v) is 6.98. The second kappa shape index (κ2) is 6.49. The Balaban J connectivity index is 2.51. The predicted octanol–water partition coefficient (Wildman–Crippen LogP) is 4.35. The SMILES string of the molecule is CCOc1ccc(Br)cc1C(O)c1ccc(F)c(F)c1F. The highest BCUT2D eigenvalue weighted by Gasteiger charge is 2.23. The molecular weight excluding hydrogens is 349 g/mol. The van der Waals surface area contributed by atoms with E-state index in [1.54, 1.807) is 19.1 Å². The molecule has 2 nitrogen and oxygen atoms in total. The van der Waals surface area contributed by atoms with Crippen molar-refractivity contribution in [2.45, 2.75) is 13.0 Å². The normalized spacial score (nSPS) is 12.3. The highest BCUT2D eigenvalue weighted by molar-refractivity contribution is 9.10. The number of hydrogen-bond donors (Lipinski definition) is 1. The Labute approximate surface area is 128 Å². The van der Waals surface area contributed by atoms with E-state index in [1.807, 2.05) is 0 Å². The zero-order valence-electron chi connectivity index (χ0n) is 11.0. The van der Waals surface area contributed by atoms with E-state index >= 15 is 0 Å². The third kappa shape index (κ3) is 3.22. The van der Waals surface area contributed by atoms with Crippen molar-refractivity contribution < 1.29 is 23.0 Å². The van der Waals surface area contributed by atoms with Gasteiger partial charge >= 0.3 is 0 Å². The van der Waals surface area contributed by atoms with Crippen molar-refractivity contribution in [3.05, 3.63) is 63.4 Å². The van der Waals surface area contributed by atoms with Crippen LogP contribution in [0.4, 0.5) is 13.2 Å². The van der Waals surface area contributed by atoms with Gasteiger partial charge < -0.3 is 9.84 Å². The first-order chi connectivity index (χ1) is 9.95. The molecule has 2 rings (SSSR count). The molecule has 1 N–H and O–H groups in total. The Morgan fingerprint density at radius 3 is 2.48 bits per heavy atom. The van der Waals surface area contributed by atoms with Crippen LogP contribution < -0.4 is 4.74 Å². The fourth-order valence-corrected chi connectivity index (χ4v) is 2.32. The Kier molecular flexibility index (Phi) is 4.90. The lowest BCUT2D eigenvalue weighted by Gasteiger charge is -2.17. The third-order valence-electron chi connectivity index (χ3n) is 2.93. The Hall–Kier alpha value is -1.53. The van der Waals surface area contributed by atoms with Crippen molar-refractivity contribution in [1.29, 1.82) is 0 Å². The van der Waals surface area contributed by atoms with Crippen molar-refractivity contribution >= 4 is 15.9 Å². The molecule has 0 fully saturated rings. The van der Waals surface area contributed by atoms with Gasteiger partial charge in [0.25, 0.3) is 0 Å². The molecule has 0 aliphatic carbocycles. The molecule has 0 aliphatic rings. The topological polar surface area (TPSA) is 29.5 Å². The van der Waals surface area contributed by atoms with Crippen molar-refractivity contribution in [2.75, 3.05) is 6.61 Å². The van der Waals surface area contributed by atoms with Crippen LogP contribution in [0.3, 0.4) is 0 Å². The predicted molar refractivity (Wildman–Crippen MR) is 75.7 cm³/mol. The zero-order valence-corrected chi connectivity index (χ0v) is 12.6. The fourth-order valence-electron chi connectivity index (χ4n) is 1.94. The van der Waals surface area contributed by atoms with Crippen LogP contribution in [0.1, 0.15) is 24.2 Å². The van der Waals surface area contributed by atoms with Gasteiger partial charge in [-0.05, 0) is 31.2 Å². The van der Waals surface area contributed by atoms with E-state index in [2.05, 4.69) is 15.9 Å². The molecule has 0 amide bonds. The quantitative estimate of drug-likeness (QED) is 0.821. The van der Waals surface area contributed by atoms with Crippen LogP contribution in [0.2, 0.25) is 0 Å². The summed E-state index contributed by atoms with van der Waals surface area (Å²) in [5.41, 5.74) is -0.0934. The third-order valence-corrected chi connectivity index (χ3v) is 3.42. The van der Waals surface area contributed by atoms with Crippen LogP contribution in [0, 0.1) is 17.5 Å². The van der Waals surface area contributed by atoms with Crippen LogP contribution in [0.15, 0.2) is 34.8 Å². The summed E-state index contributed by atoms with van der Waals surface area (Å²) < 4.78 is 46.0. The first kappa shape index (κ1) is 15.9. The number of aliphatic hydroxyl groups excluding tert-OH is 1. The lowest BCUT2D eigenvalue weighted by molar-refractivity contribution is 0.205. The van der Waals surface area contributed by atoms with Crippen molar-refractivity contribution in [3.8, 4) is 5.75 Å². The minimum atomic E-state index is -1.61. The average molecular weight is 361 g/mol. The van der Waals surface area contributed by atoms with Crippen molar-refractivity contribution in [3.63, 3.8) is 0 Å². The Bertz CT molecular complexity index is 662. The number of halogens is 4. The van der Waals surface area contributed by atoms with Crippen LogP contribution in [0.5, 0.6) is 5.75 Å². The van der Waals surface area contributed by atoms with Gasteiger partial charge in [0, 0.05) is 15.6 Å². The van der Waals surface area contributed by atoms with E-state index in [9.17, 15) is 18.3 Å². The minimum absolute atomic E-state index is 0.260. The summed E-state index contributed by atoms with van der Waals surface area (Å²) in [5, 5.41) is 10.3. The van der Waals surface area contributed by atoms with Gasteiger partial charge in [0.05, 0.1) is 6.61 Å². The molecular formula is C15H12BrF3O2. The first-order valence-electron chi connectivity index (χ1n) is 6.19. The second-order valence-electron chi connectivity index (χ2n) is 4.28. The molecule has 2 aromatic rings. The molecule has 0 aliphatic heterocycles. The average Bonchev–Trinajstić information content (AvgIpc) is 2.46. The van der Waals surface area contributed by atoms with Gasteiger partial charge in [0.15, 0.2) is 17.5 Å².